The van der Waals surface area contributed by atoms with Gasteiger partial charge in [-0.05, 0) is 69.1 Å². The molecule has 0 atom stereocenters. The van der Waals surface area contributed by atoms with E-state index in [1.807, 2.05) is 6.07 Å². The standard InChI is InChI=1S/C46H31NO/c1-4-14-32(15-5-1)33-24-26-36(27-25-33)47(37-28-29-38(34-16-6-2-7-17-34)42(30-37)35-18-8-3-9-19-35)43-31-45-46(40-21-11-10-20-39(40)43)41-22-12-13-23-44(41)48-45/h1-31H. The molecule has 1 aromatic heterocycles. The molecule has 8 aromatic carbocycles. The maximum atomic E-state index is 6.54. The number of rotatable bonds is 6. The minimum atomic E-state index is 0.875. The molecule has 9 rings (SSSR count). The molecule has 0 bridgehead atoms. The van der Waals surface area contributed by atoms with Crippen LogP contribution < -0.4 is 4.90 Å². The fraction of sp³-hybridized carbons (Fsp3) is 0. The summed E-state index contributed by atoms with van der Waals surface area (Å²) in [6, 6.07) is 66.9. The second kappa shape index (κ2) is 11.8. The summed E-state index contributed by atoms with van der Waals surface area (Å²) in [6.45, 7) is 0. The van der Waals surface area contributed by atoms with E-state index in [4.69, 9.17) is 4.42 Å². The number of nitrogens with zero attached hydrogens (tertiary/aromatic N) is 1. The Morgan fingerprint density at radius 3 is 1.54 bits per heavy atom. The Bertz CT molecular complexity index is 2530. The monoisotopic (exact) mass is 613 g/mol. The van der Waals surface area contributed by atoms with Crippen LogP contribution in [0.25, 0.3) is 66.1 Å². The number of para-hydroxylation sites is 1. The predicted octanol–water partition coefficient (Wildman–Crippen LogP) is 13.2. The van der Waals surface area contributed by atoms with Crippen molar-refractivity contribution in [2.45, 2.75) is 0 Å². The Morgan fingerprint density at radius 2 is 0.854 bits per heavy atom. The van der Waals surface area contributed by atoms with Crippen LogP contribution >= 0.6 is 0 Å². The van der Waals surface area contributed by atoms with Crippen molar-refractivity contribution in [2.24, 2.45) is 0 Å². The van der Waals surface area contributed by atoms with Gasteiger partial charge in [-0.25, -0.2) is 0 Å². The molecule has 2 heteroatoms. The van der Waals surface area contributed by atoms with Gasteiger partial charge < -0.3 is 9.32 Å². The van der Waals surface area contributed by atoms with Gasteiger partial charge in [0.05, 0.1) is 5.69 Å². The van der Waals surface area contributed by atoms with Crippen LogP contribution in [0, 0.1) is 0 Å². The minimum Gasteiger partial charge on any atom is -0.456 e. The Morgan fingerprint density at radius 1 is 0.333 bits per heavy atom. The average molecular weight is 614 g/mol. The van der Waals surface area contributed by atoms with E-state index in [-0.39, 0.29) is 0 Å². The number of hydrogen-bond acceptors (Lipinski definition) is 2. The van der Waals surface area contributed by atoms with E-state index < -0.39 is 0 Å². The van der Waals surface area contributed by atoms with Crippen molar-refractivity contribution in [3.8, 4) is 33.4 Å². The van der Waals surface area contributed by atoms with Gasteiger partial charge in [-0.1, -0.05) is 152 Å². The van der Waals surface area contributed by atoms with Gasteiger partial charge in [0.15, 0.2) is 0 Å². The van der Waals surface area contributed by atoms with E-state index in [0.29, 0.717) is 0 Å². The van der Waals surface area contributed by atoms with Gasteiger partial charge in [-0.2, -0.15) is 0 Å². The first-order valence-electron chi connectivity index (χ1n) is 16.4. The van der Waals surface area contributed by atoms with Crippen LogP contribution in [0.2, 0.25) is 0 Å². The molecular weight excluding hydrogens is 583 g/mol. The predicted molar refractivity (Wildman–Crippen MR) is 202 cm³/mol. The van der Waals surface area contributed by atoms with Gasteiger partial charge >= 0.3 is 0 Å². The Kier molecular flexibility index (Phi) is 6.84. The van der Waals surface area contributed by atoms with Gasteiger partial charge in [-0.3, -0.25) is 0 Å². The maximum absolute atomic E-state index is 6.54. The van der Waals surface area contributed by atoms with Crippen LogP contribution in [0.4, 0.5) is 17.1 Å². The third-order valence-electron chi connectivity index (χ3n) is 9.27. The molecule has 0 fully saturated rings. The quantitative estimate of drug-likeness (QED) is 0.185. The van der Waals surface area contributed by atoms with E-state index in [1.54, 1.807) is 0 Å². The van der Waals surface area contributed by atoms with Crippen LogP contribution in [0.1, 0.15) is 0 Å². The molecule has 0 radical (unpaired) electrons. The minimum absolute atomic E-state index is 0.875. The molecule has 9 aromatic rings. The number of fused-ring (bicyclic) bond motifs is 5. The van der Waals surface area contributed by atoms with Crippen LogP contribution in [0.3, 0.4) is 0 Å². The molecule has 0 spiro atoms. The maximum Gasteiger partial charge on any atom is 0.138 e. The van der Waals surface area contributed by atoms with E-state index in [1.165, 1.54) is 38.8 Å². The summed E-state index contributed by atoms with van der Waals surface area (Å²) in [5, 5.41) is 4.61. The summed E-state index contributed by atoms with van der Waals surface area (Å²) in [5.41, 5.74) is 12.1. The van der Waals surface area contributed by atoms with Crippen LogP contribution in [-0.4, -0.2) is 0 Å². The fourth-order valence-corrected chi connectivity index (χ4v) is 7.01. The van der Waals surface area contributed by atoms with Crippen molar-refractivity contribution in [3.05, 3.63) is 188 Å². The number of furan rings is 1. The first kappa shape index (κ1) is 27.9. The third-order valence-corrected chi connectivity index (χ3v) is 9.27. The summed E-state index contributed by atoms with van der Waals surface area (Å²) in [7, 11) is 0. The van der Waals surface area contributed by atoms with E-state index >= 15 is 0 Å². The zero-order valence-corrected chi connectivity index (χ0v) is 26.3. The molecule has 0 N–H and O–H groups in total. The van der Waals surface area contributed by atoms with Crippen LogP contribution in [0.15, 0.2) is 192 Å². The lowest BCUT2D eigenvalue weighted by Gasteiger charge is -2.28. The topological polar surface area (TPSA) is 16.4 Å². The molecule has 226 valence electrons. The number of benzene rings is 8. The first-order chi connectivity index (χ1) is 23.8. The lowest BCUT2D eigenvalue weighted by Crippen LogP contribution is -2.11. The second-order valence-corrected chi connectivity index (χ2v) is 12.1. The second-order valence-electron chi connectivity index (χ2n) is 12.1. The van der Waals surface area contributed by atoms with Crippen molar-refractivity contribution in [3.63, 3.8) is 0 Å². The van der Waals surface area contributed by atoms with Crippen molar-refractivity contribution in [1.82, 2.24) is 0 Å². The van der Waals surface area contributed by atoms with Gasteiger partial charge in [0, 0.05) is 33.6 Å². The van der Waals surface area contributed by atoms with Gasteiger partial charge in [0.2, 0.25) is 0 Å². The van der Waals surface area contributed by atoms with E-state index in [0.717, 1.165) is 44.4 Å². The SMILES string of the molecule is c1ccc(-c2ccc(N(c3ccc(-c4ccccc4)c(-c4ccccc4)c3)c3cc4oc5ccccc5c4c4ccccc34)cc2)cc1. The molecule has 0 unspecified atom stereocenters. The smallest absolute Gasteiger partial charge is 0.138 e. The summed E-state index contributed by atoms with van der Waals surface area (Å²) in [6.07, 6.45) is 0. The summed E-state index contributed by atoms with van der Waals surface area (Å²) < 4.78 is 6.54. The highest BCUT2D eigenvalue weighted by molar-refractivity contribution is 6.22. The van der Waals surface area contributed by atoms with Crippen LogP contribution in [-0.2, 0) is 0 Å². The van der Waals surface area contributed by atoms with Gasteiger partial charge in [-0.15, -0.1) is 0 Å². The highest BCUT2D eigenvalue weighted by Crippen LogP contribution is 2.46. The summed E-state index contributed by atoms with van der Waals surface area (Å²) >= 11 is 0. The van der Waals surface area contributed by atoms with E-state index in [2.05, 4.69) is 187 Å². The molecule has 0 saturated carbocycles. The van der Waals surface area contributed by atoms with Crippen molar-refractivity contribution >= 4 is 49.8 Å². The molecule has 0 aliphatic heterocycles. The van der Waals surface area contributed by atoms with Gasteiger partial charge in [0.1, 0.15) is 11.2 Å². The molecule has 48 heavy (non-hydrogen) atoms. The number of anilines is 3. The molecule has 0 amide bonds. The fourth-order valence-electron chi connectivity index (χ4n) is 7.01. The third kappa shape index (κ3) is 4.83. The molecule has 0 saturated heterocycles. The average Bonchev–Trinajstić information content (AvgIpc) is 3.55. The van der Waals surface area contributed by atoms with Crippen molar-refractivity contribution in [1.29, 1.82) is 0 Å². The van der Waals surface area contributed by atoms with Gasteiger partial charge in [0.25, 0.3) is 0 Å². The lowest BCUT2D eigenvalue weighted by atomic mass is 9.93. The van der Waals surface area contributed by atoms with E-state index in [9.17, 15) is 0 Å². The zero-order valence-electron chi connectivity index (χ0n) is 26.3. The largest absolute Gasteiger partial charge is 0.456 e. The van der Waals surface area contributed by atoms with Crippen LogP contribution in [0.5, 0.6) is 0 Å². The normalized spacial score (nSPS) is 11.3. The molecule has 2 nitrogen and oxygen atoms in total. The molecule has 0 aliphatic rings. The molecule has 1 heterocycles. The van der Waals surface area contributed by atoms with Crippen molar-refractivity contribution < 1.29 is 4.42 Å². The Balaban J connectivity index is 1.31. The summed E-state index contributed by atoms with van der Waals surface area (Å²) in [4.78, 5) is 2.38. The summed E-state index contributed by atoms with van der Waals surface area (Å²) in [5.74, 6) is 0. The Labute approximate surface area is 279 Å². The van der Waals surface area contributed by atoms with Crippen molar-refractivity contribution in [2.75, 3.05) is 4.90 Å². The zero-order chi connectivity index (χ0) is 31.9. The lowest BCUT2D eigenvalue weighted by molar-refractivity contribution is 0.669. The Hall–Kier alpha value is -6.38. The first-order valence-corrected chi connectivity index (χ1v) is 16.4. The number of hydrogen-bond donors (Lipinski definition) is 0. The highest BCUT2D eigenvalue weighted by Gasteiger charge is 2.21. The molecule has 0 aliphatic carbocycles. The highest BCUT2D eigenvalue weighted by atomic mass is 16.3. The molecular formula is C46H31NO.